The molecule has 0 aliphatic carbocycles. The van der Waals surface area contributed by atoms with Crippen molar-refractivity contribution < 1.29 is 9.90 Å². The molecular formula is C14H20ClN5O2. The normalized spacial score (nSPS) is 16.9. The van der Waals surface area contributed by atoms with Gasteiger partial charge in [-0.15, -0.1) is 0 Å². The summed E-state index contributed by atoms with van der Waals surface area (Å²) < 4.78 is 0. The quantitative estimate of drug-likeness (QED) is 0.305. The van der Waals surface area contributed by atoms with Gasteiger partial charge in [0.1, 0.15) is 5.82 Å². The fourth-order valence-corrected chi connectivity index (χ4v) is 2.61. The van der Waals surface area contributed by atoms with Crippen LogP contribution >= 0.6 is 11.6 Å². The number of halogens is 1. The molecule has 22 heavy (non-hydrogen) atoms. The molecule has 1 fully saturated rings. The molecule has 1 aliphatic rings. The maximum Gasteiger partial charge on any atom is 0.357 e. The number of nitrogens with two attached hydrogens (primary N) is 2. The summed E-state index contributed by atoms with van der Waals surface area (Å²) in [5.41, 5.74) is 8.74. The number of hydrogen-bond donors (Lipinski definition) is 5. The van der Waals surface area contributed by atoms with Gasteiger partial charge in [-0.2, -0.15) is 0 Å². The van der Waals surface area contributed by atoms with Gasteiger partial charge in [-0.25, -0.2) is 4.79 Å². The van der Waals surface area contributed by atoms with E-state index in [1.54, 1.807) is 0 Å². The van der Waals surface area contributed by atoms with Crippen molar-refractivity contribution in [2.75, 3.05) is 18.0 Å². The zero-order chi connectivity index (χ0) is 16.1. The van der Waals surface area contributed by atoms with Crippen molar-refractivity contribution in [3.63, 3.8) is 0 Å². The van der Waals surface area contributed by atoms with Crippen LogP contribution in [0.5, 0.6) is 0 Å². The molecule has 1 aliphatic heterocycles. The highest BCUT2D eigenvalue weighted by Crippen LogP contribution is 2.22. The third-order valence-electron chi connectivity index (χ3n) is 3.67. The Labute approximate surface area is 133 Å². The van der Waals surface area contributed by atoms with Gasteiger partial charge in [-0.3, -0.25) is 5.84 Å². The molecule has 1 aromatic rings. The predicted molar refractivity (Wildman–Crippen MR) is 86.0 cm³/mol. The Morgan fingerprint density at radius 2 is 1.86 bits per heavy atom. The van der Waals surface area contributed by atoms with Crippen molar-refractivity contribution in [1.82, 2.24) is 10.7 Å². The Bertz CT molecular complexity index is 553. The zero-order valence-electron chi connectivity index (χ0n) is 12.1. The van der Waals surface area contributed by atoms with Gasteiger partial charge in [0.2, 0.25) is 0 Å². The summed E-state index contributed by atoms with van der Waals surface area (Å²) in [7, 11) is 0. The van der Waals surface area contributed by atoms with Gasteiger partial charge in [-0.05, 0) is 37.1 Å². The number of carboxylic acids is 1. The number of hydrazine groups is 1. The molecule has 0 bridgehead atoms. The highest BCUT2D eigenvalue weighted by atomic mass is 35.5. The molecule has 120 valence electrons. The molecule has 8 heteroatoms. The molecule has 1 aromatic carbocycles. The zero-order valence-corrected chi connectivity index (χ0v) is 12.8. The highest BCUT2D eigenvalue weighted by Gasteiger charge is 2.21. The summed E-state index contributed by atoms with van der Waals surface area (Å²) in [5, 5.41) is 12.7. The topological polar surface area (TPSA) is 117 Å². The fraction of sp³-hybridized carbons (Fsp3) is 0.357. The lowest BCUT2D eigenvalue weighted by atomic mass is 10.0. The van der Waals surface area contributed by atoms with Crippen LogP contribution in [-0.2, 0) is 4.79 Å². The molecule has 7 N–H and O–H groups in total. The summed E-state index contributed by atoms with van der Waals surface area (Å²) in [4.78, 5) is 13.2. The molecule has 0 atom stereocenters. The van der Waals surface area contributed by atoms with Crippen LogP contribution in [0.3, 0.4) is 0 Å². The van der Waals surface area contributed by atoms with Crippen LogP contribution < -0.4 is 27.2 Å². The Balaban J connectivity index is 1.92. The van der Waals surface area contributed by atoms with Crippen LogP contribution in [0, 0.1) is 0 Å². The smallest absolute Gasteiger partial charge is 0.357 e. The standard InChI is InChI=1S/C14H20ClN5O2/c15-9-1-3-11(4-2-9)20-7-5-10(6-8-20)18-13(16)12(19-17)14(21)22/h1-4,10,18-19H,5-8,16-17H2,(H,21,22)/b13-12+. The van der Waals surface area contributed by atoms with Gasteiger partial charge in [0.15, 0.2) is 5.70 Å². The van der Waals surface area contributed by atoms with Crippen LogP contribution in [0.25, 0.3) is 0 Å². The third kappa shape index (κ3) is 3.96. The molecular weight excluding hydrogens is 306 g/mol. The van der Waals surface area contributed by atoms with E-state index in [2.05, 4.69) is 15.6 Å². The van der Waals surface area contributed by atoms with Gasteiger partial charge >= 0.3 is 5.97 Å². The van der Waals surface area contributed by atoms with Gasteiger partial charge in [0.25, 0.3) is 0 Å². The van der Waals surface area contributed by atoms with E-state index < -0.39 is 5.97 Å². The maximum absolute atomic E-state index is 10.9. The van der Waals surface area contributed by atoms with E-state index in [0.29, 0.717) is 5.02 Å². The van der Waals surface area contributed by atoms with Gasteiger partial charge in [0.05, 0.1) is 0 Å². The molecule has 0 radical (unpaired) electrons. The molecule has 1 saturated heterocycles. The van der Waals surface area contributed by atoms with Crippen molar-refractivity contribution in [1.29, 1.82) is 0 Å². The number of aliphatic carboxylic acids is 1. The number of piperidine rings is 1. The minimum absolute atomic E-state index is 0.0555. The number of rotatable bonds is 5. The molecule has 1 heterocycles. The van der Waals surface area contributed by atoms with E-state index in [9.17, 15) is 4.79 Å². The SMILES string of the molecule is NN/C(C(=O)O)=C(\N)NC1CCN(c2ccc(Cl)cc2)CC1. The van der Waals surface area contributed by atoms with Crippen LogP contribution in [0.15, 0.2) is 35.8 Å². The monoisotopic (exact) mass is 325 g/mol. The molecule has 7 nitrogen and oxygen atoms in total. The minimum Gasteiger partial charge on any atom is -0.476 e. The van der Waals surface area contributed by atoms with Gasteiger partial charge < -0.3 is 26.5 Å². The fourth-order valence-electron chi connectivity index (χ4n) is 2.48. The first-order valence-electron chi connectivity index (χ1n) is 6.98. The number of benzene rings is 1. The number of nitrogens with one attached hydrogen (secondary N) is 2. The van der Waals surface area contributed by atoms with E-state index in [0.717, 1.165) is 31.6 Å². The summed E-state index contributed by atoms with van der Waals surface area (Å²) in [5.74, 6) is 4.03. The molecule has 0 spiro atoms. The average Bonchev–Trinajstić information content (AvgIpc) is 2.49. The van der Waals surface area contributed by atoms with E-state index in [4.69, 9.17) is 28.3 Å². The van der Waals surface area contributed by atoms with Crippen molar-refractivity contribution in [2.24, 2.45) is 11.6 Å². The Hall–Kier alpha value is -2.12. The third-order valence-corrected chi connectivity index (χ3v) is 3.93. The average molecular weight is 326 g/mol. The van der Waals surface area contributed by atoms with Crippen LogP contribution in [-0.4, -0.2) is 30.2 Å². The first-order chi connectivity index (χ1) is 10.5. The number of carbonyl (C=O) groups is 1. The lowest BCUT2D eigenvalue weighted by Crippen LogP contribution is -2.45. The lowest BCUT2D eigenvalue weighted by molar-refractivity contribution is -0.133. The maximum atomic E-state index is 10.9. The summed E-state index contributed by atoms with van der Waals surface area (Å²) >= 11 is 5.89. The molecule has 0 unspecified atom stereocenters. The van der Waals surface area contributed by atoms with Crippen molar-refractivity contribution in [3.8, 4) is 0 Å². The van der Waals surface area contributed by atoms with E-state index in [1.807, 2.05) is 24.3 Å². The van der Waals surface area contributed by atoms with Gasteiger partial charge in [0, 0.05) is 29.8 Å². The molecule has 2 rings (SSSR count). The number of anilines is 1. The van der Waals surface area contributed by atoms with E-state index in [-0.39, 0.29) is 17.6 Å². The van der Waals surface area contributed by atoms with Crippen molar-refractivity contribution in [3.05, 3.63) is 40.8 Å². The Morgan fingerprint density at radius 1 is 1.27 bits per heavy atom. The minimum atomic E-state index is -1.19. The number of nitrogens with zero attached hydrogens (tertiary/aromatic N) is 1. The second-order valence-electron chi connectivity index (χ2n) is 5.12. The summed E-state index contributed by atoms with van der Waals surface area (Å²) in [6.45, 7) is 1.70. The summed E-state index contributed by atoms with van der Waals surface area (Å²) in [6.07, 6.45) is 1.70. The first kappa shape index (κ1) is 16.3. The Kier molecular flexibility index (Phi) is 5.35. The predicted octanol–water partition coefficient (Wildman–Crippen LogP) is 0.574. The molecule has 0 saturated carbocycles. The summed E-state index contributed by atoms with van der Waals surface area (Å²) in [6, 6.07) is 7.84. The van der Waals surface area contributed by atoms with Crippen molar-refractivity contribution >= 4 is 23.3 Å². The van der Waals surface area contributed by atoms with Crippen LogP contribution in [0.1, 0.15) is 12.8 Å². The first-order valence-corrected chi connectivity index (χ1v) is 7.35. The second kappa shape index (κ2) is 7.24. The van der Waals surface area contributed by atoms with E-state index in [1.165, 1.54) is 0 Å². The lowest BCUT2D eigenvalue weighted by Gasteiger charge is -2.34. The number of carboxylic acid groups (broad SMARTS) is 1. The number of hydrogen-bond acceptors (Lipinski definition) is 6. The second-order valence-corrected chi connectivity index (χ2v) is 5.56. The van der Waals surface area contributed by atoms with Gasteiger partial charge in [-0.1, -0.05) is 11.6 Å². The highest BCUT2D eigenvalue weighted by molar-refractivity contribution is 6.30. The molecule has 0 amide bonds. The largest absolute Gasteiger partial charge is 0.476 e. The van der Waals surface area contributed by atoms with Crippen LogP contribution in [0.2, 0.25) is 5.02 Å². The van der Waals surface area contributed by atoms with E-state index >= 15 is 0 Å². The molecule has 0 aromatic heterocycles. The Morgan fingerprint density at radius 3 is 2.36 bits per heavy atom. The van der Waals surface area contributed by atoms with Crippen molar-refractivity contribution in [2.45, 2.75) is 18.9 Å². The van der Waals surface area contributed by atoms with Crippen LogP contribution in [0.4, 0.5) is 5.69 Å².